The summed E-state index contributed by atoms with van der Waals surface area (Å²) in [6, 6.07) is 0. The van der Waals surface area contributed by atoms with Gasteiger partial charge in [-0.15, -0.1) is 0 Å². The predicted molar refractivity (Wildman–Crippen MR) is 270 cm³/mol. The summed E-state index contributed by atoms with van der Waals surface area (Å²) in [7, 11) is 0. The van der Waals surface area contributed by atoms with Gasteiger partial charge in [0.05, 0.1) is 0 Å². The Bertz CT molecular complexity index is 1060. The lowest BCUT2D eigenvalue weighted by atomic mass is 10.0. The van der Waals surface area contributed by atoms with Crippen LogP contribution in [0.2, 0.25) is 0 Å². The van der Waals surface area contributed by atoms with E-state index < -0.39 is 6.10 Å². The first-order valence-corrected chi connectivity index (χ1v) is 27.5. The molecule has 6 nitrogen and oxygen atoms in total. The molecule has 0 spiro atoms. The van der Waals surface area contributed by atoms with Crippen molar-refractivity contribution in [3.63, 3.8) is 0 Å². The van der Waals surface area contributed by atoms with Gasteiger partial charge in [0.1, 0.15) is 13.2 Å². The van der Waals surface area contributed by atoms with E-state index in [9.17, 15) is 14.4 Å². The number of carbonyl (C=O) groups is 3. The zero-order valence-electron chi connectivity index (χ0n) is 42.1. The molecule has 0 radical (unpaired) electrons. The molecule has 1 unspecified atom stereocenters. The Balaban J connectivity index is 4.30. The molecule has 0 aliphatic heterocycles. The highest BCUT2D eigenvalue weighted by Gasteiger charge is 2.19. The Morgan fingerprint density at radius 3 is 0.873 bits per heavy atom. The van der Waals surface area contributed by atoms with Crippen LogP contribution in [0, 0.1) is 0 Å². The number of allylic oxidation sites excluding steroid dienone is 6. The maximum Gasteiger partial charge on any atom is 0.306 e. The fourth-order valence-corrected chi connectivity index (χ4v) is 8.03. The number of hydrogen-bond donors (Lipinski definition) is 0. The number of rotatable bonds is 50. The van der Waals surface area contributed by atoms with Gasteiger partial charge in [-0.2, -0.15) is 0 Å². The number of hydrogen-bond acceptors (Lipinski definition) is 6. The third-order valence-corrected chi connectivity index (χ3v) is 12.2. The van der Waals surface area contributed by atoms with Gasteiger partial charge in [0, 0.05) is 19.3 Å². The Kier molecular flexibility index (Phi) is 50.3. The van der Waals surface area contributed by atoms with E-state index in [2.05, 4.69) is 57.2 Å². The summed E-state index contributed by atoms with van der Waals surface area (Å²) in [5.74, 6) is -0.883. The molecule has 0 aliphatic carbocycles. The quantitative estimate of drug-likeness (QED) is 0.0262. The van der Waals surface area contributed by atoms with Gasteiger partial charge >= 0.3 is 17.9 Å². The fraction of sp³-hybridized carbons (Fsp3) is 0.842. The summed E-state index contributed by atoms with van der Waals surface area (Å²) in [5.41, 5.74) is 0. The summed E-state index contributed by atoms with van der Waals surface area (Å²) in [6.07, 6.45) is 61.3. The van der Waals surface area contributed by atoms with Crippen molar-refractivity contribution in [2.45, 2.75) is 297 Å². The van der Waals surface area contributed by atoms with Crippen LogP contribution in [-0.2, 0) is 28.6 Å². The largest absolute Gasteiger partial charge is 0.462 e. The zero-order chi connectivity index (χ0) is 45.8. The molecular weight excluding hydrogens is 781 g/mol. The summed E-state index contributed by atoms with van der Waals surface area (Å²) in [4.78, 5) is 38.0. The van der Waals surface area contributed by atoms with Gasteiger partial charge in [-0.05, 0) is 44.9 Å². The van der Waals surface area contributed by atoms with E-state index in [0.29, 0.717) is 19.3 Å². The van der Waals surface area contributed by atoms with Gasteiger partial charge in [0.15, 0.2) is 6.10 Å². The van der Waals surface area contributed by atoms with E-state index >= 15 is 0 Å². The summed E-state index contributed by atoms with van der Waals surface area (Å²) in [5, 5.41) is 0. The van der Waals surface area contributed by atoms with Gasteiger partial charge in [-0.1, -0.05) is 263 Å². The average molecular weight is 885 g/mol. The summed E-state index contributed by atoms with van der Waals surface area (Å²) >= 11 is 0. The van der Waals surface area contributed by atoms with Crippen LogP contribution < -0.4 is 0 Å². The molecule has 63 heavy (non-hydrogen) atoms. The lowest BCUT2D eigenvalue weighted by molar-refractivity contribution is -0.167. The van der Waals surface area contributed by atoms with Crippen molar-refractivity contribution in [3.05, 3.63) is 36.5 Å². The van der Waals surface area contributed by atoms with E-state index in [-0.39, 0.29) is 31.1 Å². The number of esters is 3. The van der Waals surface area contributed by atoms with Crippen LogP contribution in [0.3, 0.4) is 0 Å². The van der Waals surface area contributed by atoms with Crippen molar-refractivity contribution in [2.24, 2.45) is 0 Å². The minimum absolute atomic E-state index is 0.0749. The van der Waals surface area contributed by atoms with E-state index in [1.165, 1.54) is 173 Å². The van der Waals surface area contributed by atoms with Crippen LogP contribution in [0.5, 0.6) is 0 Å². The molecule has 0 aromatic carbocycles. The number of carbonyl (C=O) groups excluding carboxylic acids is 3. The Morgan fingerprint density at radius 1 is 0.317 bits per heavy atom. The normalized spacial score (nSPS) is 12.2. The van der Waals surface area contributed by atoms with Gasteiger partial charge < -0.3 is 14.2 Å². The molecule has 1 atom stereocenters. The monoisotopic (exact) mass is 885 g/mol. The molecule has 0 aromatic heterocycles. The van der Waals surface area contributed by atoms with Crippen LogP contribution in [0.15, 0.2) is 36.5 Å². The third kappa shape index (κ3) is 50.5. The number of unbranched alkanes of at least 4 members (excludes halogenated alkanes) is 35. The SMILES string of the molecule is CCCCCCC\C=C/C=C\C=C/CCCCCCCC(=O)OCC(COC(=O)CCCCCCCCCCC)OC(=O)CCCCCCCCCCCCCCCCCCCC. The lowest BCUT2D eigenvalue weighted by Crippen LogP contribution is -2.30. The fourth-order valence-electron chi connectivity index (χ4n) is 8.03. The molecule has 0 aromatic rings. The van der Waals surface area contributed by atoms with Crippen molar-refractivity contribution >= 4 is 17.9 Å². The lowest BCUT2D eigenvalue weighted by Gasteiger charge is -2.18. The first-order valence-electron chi connectivity index (χ1n) is 27.5. The van der Waals surface area contributed by atoms with E-state index in [4.69, 9.17) is 14.2 Å². The Hall–Kier alpha value is -2.37. The van der Waals surface area contributed by atoms with Gasteiger partial charge in [0.2, 0.25) is 0 Å². The highest BCUT2D eigenvalue weighted by Crippen LogP contribution is 2.16. The molecule has 0 saturated heterocycles. The summed E-state index contributed by atoms with van der Waals surface area (Å²) < 4.78 is 16.8. The summed E-state index contributed by atoms with van der Waals surface area (Å²) in [6.45, 7) is 6.62. The van der Waals surface area contributed by atoms with E-state index in [1.54, 1.807) is 0 Å². The second-order valence-electron chi connectivity index (χ2n) is 18.6. The zero-order valence-corrected chi connectivity index (χ0v) is 42.1. The Labute approximate surface area is 391 Å². The third-order valence-electron chi connectivity index (χ3n) is 12.2. The van der Waals surface area contributed by atoms with Crippen LogP contribution >= 0.6 is 0 Å². The molecule has 368 valence electrons. The molecule has 6 heteroatoms. The standard InChI is InChI=1S/C57H104O6/c1-4-7-10-13-16-19-21-23-25-27-29-31-33-35-38-41-44-47-50-56(59)62-53-54(52-61-55(58)49-46-43-40-37-18-15-12-9-6-3)63-57(60)51-48-45-42-39-36-34-32-30-28-26-24-22-20-17-14-11-8-5-2/h21,23,25,27,29,31,54H,4-20,22,24,26,28,30,32-53H2,1-3H3/b23-21-,27-25-,31-29-. The van der Waals surface area contributed by atoms with E-state index in [1.807, 2.05) is 0 Å². The van der Waals surface area contributed by atoms with Crippen LogP contribution in [0.25, 0.3) is 0 Å². The molecule has 0 heterocycles. The van der Waals surface area contributed by atoms with Crippen LogP contribution in [0.4, 0.5) is 0 Å². The van der Waals surface area contributed by atoms with Crippen LogP contribution in [-0.4, -0.2) is 37.2 Å². The van der Waals surface area contributed by atoms with Crippen molar-refractivity contribution in [1.29, 1.82) is 0 Å². The topological polar surface area (TPSA) is 78.9 Å². The van der Waals surface area contributed by atoms with Crippen molar-refractivity contribution < 1.29 is 28.6 Å². The minimum atomic E-state index is -0.775. The van der Waals surface area contributed by atoms with Gasteiger partial charge in [-0.25, -0.2) is 0 Å². The highest BCUT2D eigenvalue weighted by atomic mass is 16.6. The molecule has 0 fully saturated rings. The molecule has 0 aliphatic rings. The predicted octanol–water partition coefficient (Wildman–Crippen LogP) is 18.1. The minimum Gasteiger partial charge on any atom is -0.462 e. The van der Waals surface area contributed by atoms with Gasteiger partial charge in [-0.3, -0.25) is 14.4 Å². The molecule has 0 bridgehead atoms. The van der Waals surface area contributed by atoms with Gasteiger partial charge in [0.25, 0.3) is 0 Å². The molecule has 0 rings (SSSR count). The molecule has 0 saturated carbocycles. The molecular formula is C57H104O6. The molecule has 0 amide bonds. The van der Waals surface area contributed by atoms with Crippen molar-refractivity contribution in [3.8, 4) is 0 Å². The van der Waals surface area contributed by atoms with E-state index in [0.717, 1.165) is 77.0 Å². The maximum absolute atomic E-state index is 12.8. The smallest absolute Gasteiger partial charge is 0.306 e. The first kappa shape index (κ1) is 60.6. The van der Waals surface area contributed by atoms with Crippen molar-refractivity contribution in [1.82, 2.24) is 0 Å². The highest BCUT2D eigenvalue weighted by molar-refractivity contribution is 5.71. The first-order chi connectivity index (χ1) is 31.0. The van der Waals surface area contributed by atoms with Crippen molar-refractivity contribution in [2.75, 3.05) is 13.2 Å². The average Bonchev–Trinajstić information content (AvgIpc) is 3.28. The molecule has 0 N–H and O–H groups in total. The Morgan fingerprint density at radius 2 is 0.571 bits per heavy atom. The second-order valence-corrected chi connectivity index (χ2v) is 18.6. The van der Waals surface area contributed by atoms with Crippen LogP contribution in [0.1, 0.15) is 290 Å². The second kappa shape index (κ2) is 52.3. The number of ether oxygens (including phenoxy) is 3. The maximum atomic E-state index is 12.8.